The molecule has 3 rings (SSSR count). The van der Waals surface area contributed by atoms with Gasteiger partial charge in [-0.3, -0.25) is 4.98 Å². The Bertz CT molecular complexity index is 735. The van der Waals surface area contributed by atoms with Crippen molar-refractivity contribution < 1.29 is 0 Å². The maximum absolute atomic E-state index is 4.41. The van der Waals surface area contributed by atoms with E-state index in [0.717, 1.165) is 17.8 Å². The van der Waals surface area contributed by atoms with Crippen LogP contribution in [0.1, 0.15) is 12.5 Å². The molecule has 0 spiro atoms. The van der Waals surface area contributed by atoms with Crippen molar-refractivity contribution in [1.82, 2.24) is 4.98 Å². The van der Waals surface area contributed by atoms with Crippen LogP contribution in [0.15, 0.2) is 65.7 Å². The molecule has 1 aromatic heterocycles. The van der Waals surface area contributed by atoms with E-state index in [0.29, 0.717) is 0 Å². The van der Waals surface area contributed by atoms with Crippen molar-refractivity contribution in [2.45, 2.75) is 18.4 Å². The van der Waals surface area contributed by atoms with Crippen molar-refractivity contribution in [3.63, 3.8) is 0 Å². The van der Waals surface area contributed by atoms with E-state index in [-0.39, 0.29) is 0 Å². The Balaban J connectivity index is 1.84. The van der Waals surface area contributed by atoms with Gasteiger partial charge in [0, 0.05) is 28.7 Å². The molecule has 0 bridgehead atoms. The molecule has 3 heteroatoms. The van der Waals surface area contributed by atoms with E-state index >= 15 is 0 Å². The molecule has 106 valence electrons. The van der Waals surface area contributed by atoms with Gasteiger partial charge in [0.1, 0.15) is 0 Å². The van der Waals surface area contributed by atoms with Crippen molar-refractivity contribution in [3.05, 3.63) is 66.4 Å². The number of benzene rings is 2. The van der Waals surface area contributed by atoms with Gasteiger partial charge in [-0.15, -0.1) is 11.8 Å². The Morgan fingerprint density at radius 2 is 1.81 bits per heavy atom. The Morgan fingerprint density at radius 1 is 1.00 bits per heavy atom. The van der Waals surface area contributed by atoms with Gasteiger partial charge >= 0.3 is 0 Å². The van der Waals surface area contributed by atoms with Crippen LogP contribution >= 0.6 is 11.8 Å². The molecule has 1 N–H and O–H groups in total. The number of anilines is 1. The van der Waals surface area contributed by atoms with E-state index in [9.17, 15) is 0 Å². The first-order chi connectivity index (χ1) is 10.4. The lowest BCUT2D eigenvalue weighted by atomic mass is 10.1. The Labute approximate surface area is 129 Å². The molecular formula is C18H18N2S. The van der Waals surface area contributed by atoms with Crippen molar-refractivity contribution >= 4 is 28.4 Å². The molecule has 0 amide bonds. The average molecular weight is 294 g/mol. The summed E-state index contributed by atoms with van der Waals surface area (Å²) in [5, 5.41) is 4.77. The van der Waals surface area contributed by atoms with Gasteiger partial charge in [-0.05, 0) is 35.6 Å². The van der Waals surface area contributed by atoms with Crippen molar-refractivity contribution in [2.24, 2.45) is 0 Å². The number of hydrogen-bond acceptors (Lipinski definition) is 3. The Hall–Kier alpha value is -2.00. The summed E-state index contributed by atoms with van der Waals surface area (Å²) >= 11 is 1.87. The summed E-state index contributed by atoms with van der Waals surface area (Å²) in [5.41, 5.74) is 3.52. The van der Waals surface area contributed by atoms with Gasteiger partial charge in [-0.1, -0.05) is 37.3 Å². The highest BCUT2D eigenvalue weighted by Crippen LogP contribution is 2.27. The molecule has 0 atom stereocenters. The van der Waals surface area contributed by atoms with E-state index in [1.54, 1.807) is 0 Å². The average Bonchev–Trinajstić information content (AvgIpc) is 2.54. The monoisotopic (exact) mass is 294 g/mol. The zero-order valence-electron chi connectivity index (χ0n) is 12.0. The van der Waals surface area contributed by atoms with E-state index in [1.165, 1.54) is 21.5 Å². The first kappa shape index (κ1) is 14.0. The molecule has 0 radical (unpaired) electrons. The fourth-order valence-electron chi connectivity index (χ4n) is 2.39. The van der Waals surface area contributed by atoms with Gasteiger partial charge in [0.2, 0.25) is 0 Å². The van der Waals surface area contributed by atoms with E-state index in [4.69, 9.17) is 0 Å². The molecule has 0 saturated heterocycles. The molecule has 0 fully saturated rings. The van der Waals surface area contributed by atoms with E-state index in [2.05, 4.69) is 65.8 Å². The van der Waals surface area contributed by atoms with Gasteiger partial charge in [-0.25, -0.2) is 0 Å². The number of hydrogen-bond donors (Lipinski definition) is 1. The van der Waals surface area contributed by atoms with Gasteiger partial charge in [0.05, 0.1) is 5.52 Å². The Morgan fingerprint density at radius 3 is 2.71 bits per heavy atom. The zero-order valence-corrected chi connectivity index (χ0v) is 12.9. The molecule has 0 aliphatic carbocycles. The standard InChI is InChI=1S/C18H18N2S/c1-2-21-18-10-6-5-9-17(18)20-13-14-11-12-19-16-8-4-3-7-15(14)16/h3-12,20H,2,13H2,1H3. The number of fused-ring (bicyclic) bond motifs is 1. The lowest BCUT2D eigenvalue weighted by molar-refractivity contribution is 1.14. The number of nitrogens with one attached hydrogen (secondary N) is 1. The summed E-state index contributed by atoms with van der Waals surface area (Å²) in [6.07, 6.45) is 1.88. The maximum Gasteiger partial charge on any atom is 0.0705 e. The number of nitrogens with zero attached hydrogens (tertiary/aromatic N) is 1. The summed E-state index contributed by atoms with van der Waals surface area (Å²) in [7, 11) is 0. The number of para-hydroxylation sites is 2. The highest BCUT2D eigenvalue weighted by atomic mass is 32.2. The number of thioether (sulfide) groups is 1. The van der Waals surface area contributed by atoms with Crippen LogP contribution in [0.2, 0.25) is 0 Å². The molecule has 0 unspecified atom stereocenters. The summed E-state index contributed by atoms with van der Waals surface area (Å²) in [6.45, 7) is 2.99. The molecular weight excluding hydrogens is 276 g/mol. The molecule has 0 aliphatic heterocycles. The first-order valence-electron chi connectivity index (χ1n) is 7.17. The number of rotatable bonds is 5. The summed E-state index contributed by atoms with van der Waals surface area (Å²) in [5.74, 6) is 1.08. The minimum atomic E-state index is 0.810. The van der Waals surface area contributed by atoms with E-state index in [1.807, 2.05) is 24.0 Å². The second-order valence-electron chi connectivity index (χ2n) is 4.77. The fourth-order valence-corrected chi connectivity index (χ4v) is 3.18. The van der Waals surface area contributed by atoms with Crippen molar-refractivity contribution in [1.29, 1.82) is 0 Å². The Kier molecular flexibility index (Phi) is 4.41. The zero-order chi connectivity index (χ0) is 14.5. The topological polar surface area (TPSA) is 24.9 Å². The third kappa shape index (κ3) is 3.19. The highest BCUT2D eigenvalue weighted by molar-refractivity contribution is 7.99. The largest absolute Gasteiger partial charge is 0.380 e. The van der Waals surface area contributed by atoms with Crippen LogP contribution in [0.5, 0.6) is 0 Å². The summed E-state index contributed by atoms with van der Waals surface area (Å²) < 4.78 is 0. The minimum Gasteiger partial charge on any atom is -0.380 e. The van der Waals surface area contributed by atoms with Gasteiger partial charge in [0.15, 0.2) is 0 Å². The number of aromatic nitrogens is 1. The lowest BCUT2D eigenvalue weighted by Gasteiger charge is -2.12. The fraction of sp³-hybridized carbons (Fsp3) is 0.167. The van der Waals surface area contributed by atoms with Crippen LogP contribution in [-0.4, -0.2) is 10.7 Å². The summed E-state index contributed by atoms with van der Waals surface area (Å²) in [4.78, 5) is 5.72. The van der Waals surface area contributed by atoms with E-state index < -0.39 is 0 Å². The van der Waals surface area contributed by atoms with Crippen LogP contribution in [0, 0.1) is 0 Å². The van der Waals surface area contributed by atoms with Gasteiger partial charge in [0.25, 0.3) is 0 Å². The molecule has 2 aromatic carbocycles. The molecule has 0 aliphatic rings. The quantitative estimate of drug-likeness (QED) is 0.673. The predicted octanol–water partition coefficient (Wildman–Crippen LogP) is 4.96. The predicted molar refractivity (Wildman–Crippen MR) is 91.9 cm³/mol. The summed E-state index contributed by atoms with van der Waals surface area (Å²) in [6, 6.07) is 18.8. The van der Waals surface area contributed by atoms with Gasteiger partial charge in [-0.2, -0.15) is 0 Å². The third-order valence-electron chi connectivity index (χ3n) is 3.40. The maximum atomic E-state index is 4.41. The number of pyridine rings is 1. The second-order valence-corrected chi connectivity index (χ2v) is 6.08. The van der Waals surface area contributed by atoms with Crippen molar-refractivity contribution in [3.8, 4) is 0 Å². The van der Waals surface area contributed by atoms with Gasteiger partial charge < -0.3 is 5.32 Å². The molecule has 2 nitrogen and oxygen atoms in total. The van der Waals surface area contributed by atoms with Crippen LogP contribution in [0.3, 0.4) is 0 Å². The highest BCUT2D eigenvalue weighted by Gasteiger charge is 2.04. The minimum absolute atomic E-state index is 0.810. The van der Waals surface area contributed by atoms with Crippen LogP contribution in [0.4, 0.5) is 5.69 Å². The van der Waals surface area contributed by atoms with Crippen LogP contribution in [-0.2, 0) is 6.54 Å². The second kappa shape index (κ2) is 6.64. The van der Waals surface area contributed by atoms with Crippen LogP contribution < -0.4 is 5.32 Å². The molecule has 21 heavy (non-hydrogen) atoms. The van der Waals surface area contributed by atoms with Crippen molar-refractivity contribution in [2.75, 3.05) is 11.1 Å². The molecule has 1 heterocycles. The smallest absolute Gasteiger partial charge is 0.0705 e. The van der Waals surface area contributed by atoms with Crippen LogP contribution in [0.25, 0.3) is 10.9 Å². The lowest BCUT2D eigenvalue weighted by Crippen LogP contribution is -2.01. The first-order valence-corrected chi connectivity index (χ1v) is 8.15. The molecule has 3 aromatic rings. The SMILES string of the molecule is CCSc1ccccc1NCc1ccnc2ccccc12. The normalized spacial score (nSPS) is 10.7. The molecule has 0 saturated carbocycles. The third-order valence-corrected chi connectivity index (χ3v) is 4.35.